The van der Waals surface area contributed by atoms with Gasteiger partial charge >= 0.3 is 0 Å². The number of sulfonamides is 1. The zero-order valence-corrected chi connectivity index (χ0v) is 16.4. The molecular weight excluding hydrogens is 374 g/mol. The zero-order chi connectivity index (χ0) is 20.4. The molecule has 0 unspecified atom stereocenters. The predicted molar refractivity (Wildman–Crippen MR) is 102 cm³/mol. The molecule has 0 aliphatic rings. The number of hydrogen-bond donors (Lipinski definition) is 1. The number of anilines is 2. The highest BCUT2D eigenvalue weighted by atomic mass is 32.2. The van der Waals surface area contributed by atoms with Crippen LogP contribution in [0.25, 0.3) is 0 Å². The standard InChI is InChI=1S/C19H22F2N2O3S/c1-19(2,3)14-7-5-6-8-17(14)23(27(4,25)26)12-18(24)22-13-9-10-15(20)16(21)11-13/h5-11H,12H2,1-4H3,(H,22,24). The van der Waals surface area contributed by atoms with E-state index in [-0.39, 0.29) is 11.1 Å². The fourth-order valence-corrected chi connectivity index (χ4v) is 3.48. The fourth-order valence-electron chi connectivity index (χ4n) is 2.61. The van der Waals surface area contributed by atoms with Gasteiger partial charge in [-0.25, -0.2) is 17.2 Å². The highest BCUT2D eigenvalue weighted by molar-refractivity contribution is 7.92. The largest absolute Gasteiger partial charge is 0.324 e. The van der Waals surface area contributed by atoms with E-state index in [4.69, 9.17) is 0 Å². The third-order valence-electron chi connectivity index (χ3n) is 3.87. The highest BCUT2D eigenvalue weighted by Gasteiger charge is 2.27. The predicted octanol–water partition coefficient (Wildman–Crippen LogP) is 3.67. The van der Waals surface area contributed by atoms with Gasteiger partial charge in [0.05, 0.1) is 11.9 Å². The van der Waals surface area contributed by atoms with Gasteiger partial charge in [-0.3, -0.25) is 9.10 Å². The summed E-state index contributed by atoms with van der Waals surface area (Å²) in [6.45, 7) is 5.32. The zero-order valence-electron chi connectivity index (χ0n) is 15.6. The number of carbonyl (C=O) groups excluding carboxylic acids is 1. The lowest BCUT2D eigenvalue weighted by Gasteiger charge is -2.29. The Labute approximate surface area is 158 Å². The van der Waals surface area contributed by atoms with Crippen LogP contribution < -0.4 is 9.62 Å². The minimum absolute atomic E-state index is 0.0384. The molecule has 0 saturated heterocycles. The number of hydrogen-bond acceptors (Lipinski definition) is 3. The maximum Gasteiger partial charge on any atom is 0.245 e. The molecule has 1 amide bonds. The number of benzene rings is 2. The van der Waals surface area contributed by atoms with Crippen LogP contribution in [0.4, 0.5) is 20.2 Å². The van der Waals surface area contributed by atoms with E-state index in [1.54, 1.807) is 24.3 Å². The SMILES string of the molecule is CC(C)(C)c1ccccc1N(CC(=O)Nc1ccc(F)c(F)c1)S(C)(=O)=O. The van der Waals surface area contributed by atoms with Crippen molar-refractivity contribution in [3.63, 3.8) is 0 Å². The van der Waals surface area contributed by atoms with Gasteiger partial charge in [0.1, 0.15) is 6.54 Å². The molecule has 1 N–H and O–H groups in total. The number of halogens is 2. The molecule has 0 heterocycles. The second-order valence-corrected chi connectivity index (χ2v) is 9.12. The molecule has 27 heavy (non-hydrogen) atoms. The topological polar surface area (TPSA) is 66.5 Å². The second-order valence-electron chi connectivity index (χ2n) is 7.21. The van der Waals surface area contributed by atoms with Gasteiger partial charge in [0, 0.05) is 11.8 Å². The number of nitrogens with one attached hydrogen (secondary N) is 1. The Balaban J connectivity index is 2.34. The Morgan fingerprint density at radius 1 is 1.07 bits per heavy atom. The lowest BCUT2D eigenvalue weighted by atomic mass is 9.86. The van der Waals surface area contributed by atoms with Gasteiger partial charge in [0.2, 0.25) is 15.9 Å². The quantitative estimate of drug-likeness (QED) is 0.839. The molecule has 2 rings (SSSR count). The van der Waals surface area contributed by atoms with Crippen molar-refractivity contribution in [3.8, 4) is 0 Å². The number of para-hydroxylation sites is 1. The average Bonchev–Trinajstić information content (AvgIpc) is 2.54. The highest BCUT2D eigenvalue weighted by Crippen LogP contribution is 2.33. The summed E-state index contributed by atoms with van der Waals surface area (Å²) in [7, 11) is -3.76. The molecule has 0 saturated carbocycles. The van der Waals surface area contributed by atoms with Crippen LogP contribution in [0.3, 0.4) is 0 Å². The van der Waals surface area contributed by atoms with Crippen molar-refractivity contribution in [2.75, 3.05) is 22.4 Å². The molecule has 0 aliphatic heterocycles. The Hall–Kier alpha value is -2.48. The number of carbonyl (C=O) groups is 1. The first-order valence-corrected chi connectivity index (χ1v) is 10.1. The van der Waals surface area contributed by atoms with Crippen molar-refractivity contribution < 1.29 is 22.0 Å². The first kappa shape index (κ1) is 20.8. The lowest BCUT2D eigenvalue weighted by Crippen LogP contribution is -2.38. The Bertz CT molecular complexity index is 954. The summed E-state index contributed by atoms with van der Waals surface area (Å²) >= 11 is 0. The van der Waals surface area contributed by atoms with Crippen molar-refractivity contribution in [3.05, 3.63) is 59.7 Å². The summed E-state index contributed by atoms with van der Waals surface area (Å²) in [5.41, 5.74) is 0.844. The van der Waals surface area contributed by atoms with Crippen molar-refractivity contribution in [1.29, 1.82) is 0 Å². The molecule has 0 atom stereocenters. The Morgan fingerprint density at radius 2 is 1.70 bits per heavy atom. The molecule has 0 fully saturated rings. The molecule has 146 valence electrons. The second kappa shape index (κ2) is 7.64. The first-order valence-electron chi connectivity index (χ1n) is 8.22. The van der Waals surface area contributed by atoms with E-state index in [9.17, 15) is 22.0 Å². The molecule has 5 nitrogen and oxygen atoms in total. The molecule has 0 bridgehead atoms. The number of amides is 1. The van der Waals surface area contributed by atoms with Crippen LogP contribution in [-0.4, -0.2) is 27.1 Å². The molecule has 0 aliphatic carbocycles. The molecule has 8 heteroatoms. The number of rotatable bonds is 5. The van der Waals surface area contributed by atoms with Crippen LogP contribution >= 0.6 is 0 Å². The Kier molecular flexibility index (Phi) is 5.89. The molecule has 0 aromatic heterocycles. The van der Waals surface area contributed by atoms with Gasteiger partial charge in [-0.2, -0.15) is 0 Å². The summed E-state index contributed by atoms with van der Waals surface area (Å²) in [6.07, 6.45) is 1.01. The van der Waals surface area contributed by atoms with Crippen molar-refractivity contribution in [1.82, 2.24) is 0 Å². The van der Waals surface area contributed by atoms with E-state index < -0.39 is 34.1 Å². The summed E-state index contributed by atoms with van der Waals surface area (Å²) in [5, 5.41) is 2.39. The number of nitrogens with zero attached hydrogens (tertiary/aromatic N) is 1. The Morgan fingerprint density at radius 3 is 2.26 bits per heavy atom. The molecular formula is C19H22F2N2O3S. The summed E-state index contributed by atoms with van der Waals surface area (Å²) in [6, 6.07) is 9.84. The summed E-state index contributed by atoms with van der Waals surface area (Å²) in [5.74, 6) is -2.81. The fraction of sp³-hybridized carbons (Fsp3) is 0.316. The maximum atomic E-state index is 13.3. The summed E-state index contributed by atoms with van der Waals surface area (Å²) in [4.78, 5) is 12.4. The van der Waals surface area contributed by atoms with Gasteiger partial charge in [-0.15, -0.1) is 0 Å². The van der Waals surface area contributed by atoms with Gasteiger partial charge in [0.15, 0.2) is 11.6 Å². The molecule has 2 aromatic carbocycles. The van der Waals surface area contributed by atoms with E-state index in [1.165, 1.54) is 6.07 Å². The van der Waals surface area contributed by atoms with Gasteiger partial charge in [-0.1, -0.05) is 39.0 Å². The smallest absolute Gasteiger partial charge is 0.245 e. The minimum Gasteiger partial charge on any atom is -0.324 e. The van der Waals surface area contributed by atoms with Crippen LogP contribution in [0.5, 0.6) is 0 Å². The van der Waals surface area contributed by atoms with Crippen LogP contribution in [0.2, 0.25) is 0 Å². The molecule has 0 radical (unpaired) electrons. The lowest BCUT2D eigenvalue weighted by molar-refractivity contribution is -0.114. The third kappa shape index (κ3) is 5.26. The van der Waals surface area contributed by atoms with Crippen molar-refractivity contribution in [2.24, 2.45) is 0 Å². The van der Waals surface area contributed by atoms with Crippen LogP contribution in [0.1, 0.15) is 26.3 Å². The van der Waals surface area contributed by atoms with Gasteiger partial charge < -0.3 is 5.32 Å². The van der Waals surface area contributed by atoms with Crippen molar-refractivity contribution in [2.45, 2.75) is 26.2 Å². The van der Waals surface area contributed by atoms with E-state index in [2.05, 4.69) is 5.32 Å². The third-order valence-corrected chi connectivity index (χ3v) is 5.00. The first-order chi connectivity index (χ1) is 12.4. The van der Waals surface area contributed by atoms with Gasteiger partial charge in [-0.05, 0) is 29.2 Å². The van der Waals surface area contributed by atoms with E-state index in [0.717, 1.165) is 28.3 Å². The monoisotopic (exact) mass is 396 g/mol. The van der Waals surface area contributed by atoms with Crippen LogP contribution in [0.15, 0.2) is 42.5 Å². The van der Waals surface area contributed by atoms with Gasteiger partial charge in [0.25, 0.3) is 0 Å². The normalized spacial score (nSPS) is 11.9. The van der Waals surface area contributed by atoms with E-state index in [0.29, 0.717) is 5.69 Å². The van der Waals surface area contributed by atoms with Crippen LogP contribution in [-0.2, 0) is 20.2 Å². The summed E-state index contributed by atoms with van der Waals surface area (Å²) < 4.78 is 52.0. The minimum atomic E-state index is -3.76. The maximum absolute atomic E-state index is 13.3. The molecule has 2 aromatic rings. The van der Waals surface area contributed by atoms with Crippen LogP contribution in [0, 0.1) is 11.6 Å². The van der Waals surface area contributed by atoms with E-state index >= 15 is 0 Å². The van der Waals surface area contributed by atoms with E-state index in [1.807, 2.05) is 20.8 Å². The van der Waals surface area contributed by atoms with Crippen molar-refractivity contribution >= 4 is 27.3 Å². The average molecular weight is 396 g/mol. The molecule has 0 spiro atoms.